The topological polar surface area (TPSA) is 43.9 Å². The monoisotopic (exact) mass is 165 g/mol. The Balaban J connectivity index is 2.59. The van der Waals surface area contributed by atoms with Gasteiger partial charge in [0.05, 0.1) is 17.9 Å². The van der Waals surface area contributed by atoms with Crippen LogP contribution < -0.4 is 0 Å². The molecule has 0 unspecified atom stereocenters. The fraction of sp³-hybridized carbons (Fsp3) is 0.500. The molecule has 0 aliphatic carbocycles. The zero-order valence-electron chi connectivity index (χ0n) is 7.40. The second kappa shape index (κ2) is 2.09. The summed E-state index contributed by atoms with van der Waals surface area (Å²) in [6, 6.07) is 0. The molecule has 0 aromatic carbocycles. The van der Waals surface area contributed by atoms with Gasteiger partial charge >= 0.3 is 0 Å². The number of hydrogen-bond acceptors (Lipinski definition) is 3. The molecule has 0 radical (unpaired) electrons. The Morgan fingerprint density at radius 2 is 2.17 bits per heavy atom. The molecule has 4 heteroatoms. The first kappa shape index (κ1) is 7.34. The lowest BCUT2D eigenvalue weighted by Crippen LogP contribution is -2.21. The Morgan fingerprint density at radius 3 is 2.75 bits per heavy atom. The van der Waals surface area contributed by atoms with E-state index >= 15 is 0 Å². The molecular formula is C8H11N3O. The van der Waals surface area contributed by atoms with Crippen molar-refractivity contribution in [1.29, 1.82) is 0 Å². The van der Waals surface area contributed by atoms with Crippen molar-refractivity contribution >= 4 is 11.1 Å². The lowest BCUT2D eigenvalue weighted by Gasteiger charge is -2.18. The summed E-state index contributed by atoms with van der Waals surface area (Å²) in [7, 11) is 0. The van der Waals surface area contributed by atoms with Crippen LogP contribution in [0.15, 0.2) is 16.9 Å². The van der Waals surface area contributed by atoms with Crippen LogP contribution in [0.5, 0.6) is 0 Å². The van der Waals surface area contributed by atoms with Crippen LogP contribution in [0.2, 0.25) is 0 Å². The van der Waals surface area contributed by atoms with Gasteiger partial charge in [0, 0.05) is 0 Å². The van der Waals surface area contributed by atoms with E-state index in [9.17, 15) is 0 Å². The minimum Gasteiger partial charge on any atom is -0.353 e. The Morgan fingerprint density at radius 1 is 1.42 bits per heavy atom. The van der Waals surface area contributed by atoms with E-state index < -0.39 is 0 Å². The molecule has 0 fully saturated rings. The molecule has 4 nitrogen and oxygen atoms in total. The van der Waals surface area contributed by atoms with Crippen molar-refractivity contribution in [2.24, 2.45) is 0 Å². The summed E-state index contributed by atoms with van der Waals surface area (Å²) in [5.74, 6) is 0. The third-order valence-electron chi connectivity index (χ3n) is 1.72. The predicted molar refractivity (Wildman–Crippen MR) is 44.8 cm³/mol. The number of fused-ring (bicyclic) bond motifs is 1. The fourth-order valence-corrected chi connectivity index (χ4v) is 1.01. The van der Waals surface area contributed by atoms with Crippen molar-refractivity contribution in [1.82, 2.24) is 14.9 Å². The van der Waals surface area contributed by atoms with Crippen LogP contribution >= 0.6 is 0 Å². The van der Waals surface area contributed by atoms with E-state index in [0.717, 1.165) is 11.1 Å². The van der Waals surface area contributed by atoms with E-state index in [2.05, 4.69) is 31.0 Å². The molecule has 2 aromatic heterocycles. The molecule has 2 aromatic rings. The van der Waals surface area contributed by atoms with Gasteiger partial charge in [0.2, 0.25) is 5.58 Å². The fourth-order valence-electron chi connectivity index (χ4n) is 1.01. The average Bonchev–Trinajstić information content (AvgIpc) is 2.37. The van der Waals surface area contributed by atoms with Crippen LogP contribution in [-0.2, 0) is 5.54 Å². The highest BCUT2D eigenvalue weighted by Crippen LogP contribution is 2.17. The zero-order valence-corrected chi connectivity index (χ0v) is 7.40. The standard InChI is InChI=1S/C8H11N3O/c1-8(2,3)11-5-7-6(10-11)4-9-12-7/h4-5H,1-3H3. The summed E-state index contributed by atoms with van der Waals surface area (Å²) in [4.78, 5) is 0. The minimum absolute atomic E-state index is 0.00153. The SMILES string of the molecule is CC(C)(C)n1cc2oncc2n1. The summed E-state index contributed by atoms with van der Waals surface area (Å²) in [6.45, 7) is 6.27. The van der Waals surface area contributed by atoms with Crippen LogP contribution in [0, 0.1) is 0 Å². The molecule has 2 rings (SSSR count). The van der Waals surface area contributed by atoms with Crippen molar-refractivity contribution in [3.8, 4) is 0 Å². The van der Waals surface area contributed by atoms with Gasteiger partial charge in [-0.15, -0.1) is 0 Å². The van der Waals surface area contributed by atoms with Crippen LogP contribution in [0.25, 0.3) is 11.1 Å². The zero-order chi connectivity index (χ0) is 8.77. The predicted octanol–water partition coefficient (Wildman–Crippen LogP) is 1.78. The number of aromatic nitrogens is 3. The van der Waals surface area contributed by atoms with E-state index in [0.29, 0.717) is 0 Å². The Hall–Kier alpha value is -1.32. The van der Waals surface area contributed by atoms with Gasteiger partial charge in [-0.25, -0.2) is 0 Å². The van der Waals surface area contributed by atoms with Gasteiger partial charge in [-0.3, -0.25) is 4.68 Å². The van der Waals surface area contributed by atoms with Gasteiger partial charge in [-0.05, 0) is 20.8 Å². The van der Waals surface area contributed by atoms with Crippen molar-refractivity contribution in [2.75, 3.05) is 0 Å². The molecule has 0 saturated heterocycles. The van der Waals surface area contributed by atoms with E-state index in [-0.39, 0.29) is 5.54 Å². The quantitative estimate of drug-likeness (QED) is 0.597. The molecule has 0 aliphatic rings. The van der Waals surface area contributed by atoms with Crippen molar-refractivity contribution in [3.05, 3.63) is 12.4 Å². The maximum absolute atomic E-state index is 4.96. The highest BCUT2D eigenvalue weighted by atomic mass is 16.5. The highest BCUT2D eigenvalue weighted by Gasteiger charge is 2.15. The molecule has 0 saturated carbocycles. The van der Waals surface area contributed by atoms with Crippen molar-refractivity contribution < 1.29 is 4.52 Å². The minimum atomic E-state index is 0.00153. The first-order valence-electron chi connectivity index (χ1n) is 3.88. The molecule has 0 atom stereocenters. The van der Waals surface area contributed by atoms with Crippen LogP contribution in [-0.4, -0.2) is 14.9 Å². The van der Waals surface area contributed by atoms with Gasteiger partial charge in [0.15, 0.2) is 5.52 Å². The molecule has 0 N–H and O–H groups in total. The normalized spacial score (nSPS) is 12.6. The van der Waals surface area contributed by atoms with Gasteiger partial charge < -0.3 is 4.52 Å². The molecule has 0 amide bonds. The summed E-state index contributed by atoms with van der Waals surface area (Å²) in [5, 5.41) is 7.94. The Kier molecular flexibility index (Phi) is 1.28. The van der Waals surface area contributed by atoms with E-state index in [1.54, 1.807) is 6.20 Å². The number of rotatable bonds is 0. The largest absolute Gasteiger partial charge is 0.353 e. The summed E-state index contributed by atoms with van der Waals surface area (Å²) in [6.07, 6.45) is 3.49. The number of hydrogen-bond donors (Lipinski definition) is 0. The lowest BCUT2D eigenvalue weighted by molar-refractivity contribution is 0.355. The van der Waals surface area contributed by atoms with Crippen LogP contribution in [0.4, 0.5) is 0 Å². The summed E-state index contributed by atoms with van der Waals surface area (Å²) >= 11 is 0. The smallest absolute Gasteiger partial charge is 0.204 e. The first-order valence-corrected chi connectivity index (χ1v) is 3.88. The van der Waals surface area contributed by atoms with Crippen molar-refractivity contribution in [2.45, 2.75) is 26.3 Å². The Bertz CT molecular complexity index is 365. The lowest BCUT2D eigenvalue weighted by atomic mass is 10.1. The molecule has 12 heavy (non-hydrogen) atoms. The second-order valence-corrected chi connectivity index (χ2v) is 3.82. The molecule has 0 spiro atoms. The van der Waals surface area contributed by atoms with E-state index in [1.165, 1.54) is 0 Å². The molecule has 0 aliphatic heterocycles. The molecule has 64 valence electrons. The second-order valence-electron chi connectivity index (χ2n) is 3.82. The highest BCUT2D eigenvalue weighted by molar-refractivity contribution is 5.69. The van der Waals surface area contributed by atoms with Crippen LogP contribution in [0.3, 0.4) is 0 Å². The number of nitrogens with zero attached hydrogens (tertiary/aromatic N) is 3. The van der Waals surface area contributed by atoms with Gasteiger partial charge in [0.1, 0.15) is 0 Å². The molecule has 2 heterocycles. The van der Waals surface area contributed by atoms with Gasteiger partial charge in [-0.2, -0.15) is 5.10 Å². The Labute approximate surface area is 70.1 Å². The molecular weight excluding hydrogens is 154 g/mol. The van der Waals surface area contributed by atoms with Gasteiger partial charge in [-0.1, -0.05) is 5.16 Å². The van der Waals surface area contributed by atoms with E-state index in [4.69, 9.17) is 4.52 Å². The third-order valence-corrected chi connectivity index (χ3v) is 1.72. The maximum atomic E-state index is 4.96. The average molecular weight is 165 g/mol. The first-order chi connectivity index (χ1) is 5.57. The summed E-state index contributed by atoms with van der Waals surface area (Å²) < 4.78 is 6.84. The third kappa shape index (κ3) is 0.995. The summed E-state index contributed by atoms with van der Waals surface area (Å²) in [5.41, 5.74) is 1.55. The van der Waals surface area contributed by atoms with E-state index in [1.807, 2.05) is 10.9 Å². The van der Waals surface area contributed by atoms with Gasteiger partial charge in [0.25, 0.3) is 0 Å². The maximum Gasteiger partial charge on any atom is 0.204 e. The van der Waals surface area contributed by atoms with Crippen LogP contribution in [0.1, 0.15) is 20.8 Å². The molecule has 0 bridgehead atoms. The van der Waals surface area contributed by atoms with Crippen molar-refractivity contribution in [3.63, 3.8) is 0 Å².